The zero-order valence-corrected chi connectivity index (χ0v) is 11.9. The van der Waals surface area contributed by atoms with E-state index in [1.54, 1.807) is 26.2 Å². The Bertz CT molecular complexity index is 480. The molecule has 0 saturated carbocycles. The largest absolute Gasteiger partial charge is 0.496 e. The summed E-state index contributed by atoms with van der Waals surface area (Å²) in [6, 6.07) is 5.50. The maximum absolute atomic E-state index is 11.5. The Balaban J connectivity index is 3.10. The van der Waals surface area contributed by atoms with Crippen molar-refractivity contribution in [2.24, 2.45) is 0 Å². The Morgan fingerprint density at radius 3 is 2.67 bits per heavy atom. The maximum atomic E-state index is 11.5. The molecule has 0 saturated heterocycles. The van der Waals surface area contributed by atoms with Crippen molar-refractivity contribution in [2.45, 2.75) is 18.7 Å². The van der Waals surface area contributed by atoms with Gasteiger partial charge in [0, 0.05) is 10.9 Å². The van der Waals surface area contributed by atoms with Crippen LogP contribution in [0.15, 0.2) is 12.1 Å². The van der Waals surface area contributed by atoms with Crippen LogP contribution in [0.3, 0.4) is 0 Å². The standard InChI is InChI=1S/C13H14BrNO3/c1-3-18-13(16)6-9-4-10(7-14)12(17-2)5-11(9)8-15/h4-5H,3,6-7H2,1-2H3. The van der Waals surface area contributed by atoms with E-state index < -0.39 is 0 Å². The van der Waals surface area contributed by atoms with Crippen molar-refractivity contribution in [3.8, 4) is 11.8 Å². The van der Waals surface area contributed by atoms with Crippen LogP contribution in [0.5, 0.6) is 5.75 Å². The van der Waals surface area contributed by atoms with Gasteiger partial charge >= 0.3 is 5.97 Å². The van der Waals surface area contributed by atoms with E-state index in [0.29, 0.717) is 28.8 Å². The van der Waals surface area contributed by atoms with Gasteiger partial charge in [-0.05, 0) is 24.6 Å². The van der Waals surface area contributed by atoms with E-state index in [-0.39, 0.29) is 12.4 Å². The zero-order chi connectivity index (χ0) is 13.5. The number of hydrogen-bond acceptors (Lipinski definition) is 4. The van der Waals surface area contributed by atoms with Gasteiger partial charge in [-0.25, -0.2) is 0 Å². The fourth-order valence-electron chi connectivity index (χ4n) is 1.59. The molecular formula is C13H14BrNO3. The van der Waals surface area contributed by atoms with Gasteiger partial charge in [0.25, 0.3) is 0 Å². The second-order valence-corrected chi connectivity index (χ2v) is 4.11. The highest BCUT2D eigenvalue weighted by atomic mass is 79.9. The van der Waals surface area contributed by atoms with Crippen molar-refractivity contribution < 1.29 is 14.3 Å². The van der Waals surface area contributed by atoms with E-state index in [1.807, 2.05) is 0 Å². The SMILES string of the molecule is CCOC(=O)Cc1cc(CBr)c(OC)cc1C#N. The van der Waals surface area contributed by atoms with Crippen molar-refractivity contribution in [3.05, 3.63) is 28.8 Å². The highest BCUT2D eigenvalue weighted by Crippen LogP contribution is 2.26. The van der Waals surface area contributed by atoms with E-state index in [0.717, 1.165) is 5.56 Å². The molecule has 1 rings (SSSR count). The van der Waals surface area contributed by atoms with Crippen molar-refractivity contribution in [1.82, 2.24) is 0 Å². The normalized spacial score (nSPS) is 9.67. The smallest absolute Gasteiger partial charge is 0.310 e. The summed E-state index contributed by atoms with van der Waals surface area (Å²) in [5.41, 5.74) is 1.99. The predicted octanol–water partition coefficient (Wildman–Crippen LogP) is 2.57. The molecule has 1 aromatic carbocycles. The number of benzene rings is 1. The van der Waals surface area contributed by atoms with Crippen LogP contribution in [-0.4, -0.2) is 19.7 Å². The minimum atomic E-state index is -0.334. The molecule has 0 amide bonds. The van der Waals surface area contributed by atoms with E-state index in [4.69, 9.17) is 14.7 Å². The second kappa shape index (κ2) is 7.02. The zero-order valence-electron chi connectivity index (χ0n) is 10.3. The molecule has 0 spiro atoms. The first-order valence-corrected chi connectivity index (χ1v) is 6.59. The van der Waals surface area contributed by atoms with Crippen molar-refractivity contribution in [3.63, 3.8) is 0 Å². The van der Waals surface area contributed by atoms with Gasteiger partial charge in [0.2, 0.25) is 0 Å². The van der Waals surface area contributed by atoms with E-state index >= 15 is 0 Å². The van der Waals surface area contributed by atoms with E-state index in [2.05, 4.69) is 22.0 Å². The third kappa shape index (κ3) is 3.47. The summed E-state index contributed by atoms with van der Waals surface area (Å²) in [5, 5.41) is 9.67. The minimum absolute atomic E-state index is 0.0979. The quantitative estimate of drug-likeness (QED) is 0.619. The van der Waals surface area contributed by atoms with Crippen LogP contribution in [0.4, 0.5) is 0 Å². The van der Waals surface area contributed by atoms with Gasteiger partial charge in [-0.1, -0.05) is 15.9 Å². The first kappa shape index (κ1) is 14.5. The van der Waals surface area contributed by atoms with Crippen LogP contribution in [0.25, 0.3) is 0 Å². The monoisotopic (exact) mass is 311 g/mol. The number of alkyl halides is 1. The van der Waals surface area contributed by atoms with Gasteiger partial charge in [0.05, 0.1) is 31.8 Å². The lowest BCUT2D eigenvalue weighted by Crippen LogP contribution is -2.09. The summed E-state index contributed by atoms with van der Waals surface area (Å²) in [6.07, 6.45) is 0.0979. The maximum Gasteiger partial charge on any atom is 0.310 e. The summed E-state index contributed by atoms with van der Waals surface area (Å²) < 4.78 is 10.1. The number of methoxy groups -OCH3 is 1. The summed E-state index contributed by atoms with van der Waals surface area (Å²) in [6.45, 7) is 2.09. The summed E-state index contributed by atoms with van der Waals surface area (Å²) in [4.78, 5) is 11.5. The van der Waals surface area contributed by atoms with Gasteiger partial charge < -0.3 is 9.47 Å². The number of esters is 1. The summed E-state index contributed by atoms with van der Waals surface area (Å²) in [5.74, 6) is 0.302. The van der Waals surface area contributed by atoms with Gasteiger partial charge in [-0.3, -0.25) is 4.79 Å². The van der Waals surface area contributed by atoms with Gasteiger partial charge in [0.1, 0.15) is 5.75 Å². The number of hydrogen-bond donors (Lipinski definition) is 0. The molecule has 96 valence electrons. The van der Waals surface area contributed by atoms with E-state index in [1.165, 1.54) is 0 Å². The topological polar surface area (TPSA) is 59.3 Å². The third-order valence-electron chi connectivity index (χ3n) is 2.41. The molecule has 0 atom stereocenters. The molecule has 0 aliphatic carbocycles. The first-order valence-electron chi connectivity index (χ1n) is 5.47. The Morgan fingerprint density at radius 1 is 1.44 bits per heavy atom. The van der Waals surface area contributed by atoms with Crippen LogP contribution < -0.4 is 4.74 Å². The van der Waals surface area contributed by atoms with E-state index in [9.17, 15) is 4.79 Å². The number of halogens is 1. The number of ether oxygens (including phenoxy) is 2. The highest BCUT2D eigenvalue weighted by molar-refractivity contribution is 9.08. The minimum Gasteiger partial charge on any atom is -0.496 e. The van der Waals surface area contributed by atoms with Crippen LogP contribution in [0.1, 0.15) is 23.6 Å². The first-order chi connectivity index (χ1) is 8.65. The Morgan fingerprint density at radius 2 is 2.17 bits per heavy atom. The number of carbonyl (C=O) groups is 1. The lowest BCUT2D eigenvalue weighted by atomic mass is 10.0. The number of rotatable bonds is 5. The molecule has 0 aromatic heterocycles. The molecule has 4 nitrogen and oxygen atoms in total. The van der Waals surface area contributed by atoms with Crippen molar-refractivity contribution in [1.29, 1.82) is 5.26 Å². The molecule has 5 heteroatoms. The van der Waals surface area contributed by atoms with Crippen molar-refractivity contribution in [2.75, 3.05) is 13.7 Å². The molecule has 0 unspecified atom stereocenters. The average molecular weight is 312 g/mol. The molecule has 1 aromatic rings. The Hall–Kier alpha value is -1.54. The number of carbonyl (C=O) groups excluding carboxylic acids is 1. The highest BCUT2D eigenvalue weighted by Gasteiger charge is 2.13. The lowest BCUT2D eigenvalue weighted by Gasteiger charge is -2.10. The molecule has 0 aliphatic heterocycles. The fraction of sp³-hybridized carbons (Fsp3) is 0.385. The van der Waals surface area contributed by atoms with Gasteiger partial charge in [-0.15, -0.1) is 0 Å². The molecule has 18 heavy (non-hydrogen) atoms. The molecule has 0 bridgehead atoms. The molecule has 0 fully saturated rings. The van der Waals surface area contributed by atoms with Crippen LogP contribution in [0.2, 0.25) is 0 Å². The van der Waals surface area contributed by atoms with Gasteiger partial charge in [0.15, 0.2) is 0 Å². The number of nitriles is 1. The molecule has 0 radical (unpaired) electrons. The molecular weight excluding hydrogens is 298 g/mol. The molecule has 0 heterocycles. The third-order valence-corrected chi connectivity index (χ3v) is 3.01. The average Bonchev–Trinajstić information content (AvgIpc) is 2.38. The molecule has 0 aliphatic rings. The number of nitrogens with zero attached hydrogens (tertiary/aromatic N) is 1. The lowest BCUT2D eigenvalue weighted by molar-refractivity contribution is -0.142. The Kier molecular flexibility index (Phi) is 5.66. The summed E-state index contributed by atoms with van der Waals surface area (Å²) >= 11 is 3.35. The second-order valence-electron chi connectivity index (χ2n) is 3.55. The Labute approximate surface area is 115 Å². The summed E-state index contributed by atoms with van der Waals surface area (Å²) in [7, 11) is 1.55. The van der Waals surface area contributed by atoms with Crippen LogP contribution in [0, 0.1) is 11.3 Å². The van der Waals surface area contributed by atoms with Gasteiger partial charge in [-0.2, -0.15) is 5.26 Å². The van der Waals surface area contributed by atoms with Crippen molar-refractivity contribution >= 4 is 21.9 Å². The van der Waals surface area contributed by atoms with Crippen LogP contribution >= 0.6 is 15.9 Å². The molecule has 0 N–H and O–H groups in total. The predicted molar refractivity (Wildman–Crippen MR) is 70.7 cm³/mol. The fourth-order valence-corrected chi connectivity index (χ4v) is 2.03. The van der Waals surface area contributed by atoms with Crippen LogP contribution in [-0.2, 0) is 21.3 Å².